The van der Waals surface area contributed by atoms with Gasteiger partial charge in [-0.25, -0.2) is 0 Å². The molecular weight excluding hydrogens is 306 g/mol. The van der Waals surface area contributed by atoms with Crippen LogP contribution in [0.4, 0.5) is 17.1 Å². The van der Waals surface area contributed by atoms with E-state index in [1.54, 1.807) is 0 Å². The summed E-state index contributed by atoms with van der Waals surface area (Å²) in [6.45, 7) is 8.34. The zero-order valence-electron chi connectivity index (χ0n) is 14.8. The highest BCUT2D eigenvalue weighted by atomic mass is 16.5. The molecule has 0 aliphatic heterocycles. The van der Waals surface area contributed by atoms with Crippen LogP contribution in [0, 0.1) is 13.8 Å². The van der Waals surface area contributed by atoms with Crippen LogP contribution in [0.3, 0.4) is 0 Å². The molecule has 0 unspecified atom stereocenters. The quantitative estimate of drug-likeness (QED) is 0.483. The molecule has 0 spiro atoms. The van der Waals surface area contributed by atoms with E-state index in [-0.39, 0.29) is 0 Å². The molecule has 0 bridgehead atoms. The molecule has 0 radical (unpaired) electrons. The second-order valence-corrected chi connectivity index (χ2v) is 6.15. The molecule has 2 nitrogen and oxygen atoms in total. The van der Waals surface area contributed by atoms with Crippen molar-refractivity contribution in [3.8, 4) is 0 Å². The molecule has 0 heterocycles. The van der Waals surface area contributed by atoms with E-state index in [0.717, 1.165) is 22.6 Å². The minimum atomic E-state index is 0.541. The Hall–Kier alpha value is -3.00. The lowest BCUT2D eigenvalue weighted by Crippen LogP contribution is -2.10. The number of rotatable bonds is 6. The molecule has 25 heavy (non-hydrogen) atoms. The van der Waals surface area contributed by atoms with Crippen LogP contribution in [0.1, 0.15) is 16.7 Å². The van der Waals surface area contributed by atoms with Crippen LogP contribution < -0.4 is 4.90 Å². The van der Waals surface area contributed by atoms with E-state index in [9.17, 15) is 0 Å². The Kier molecular flexibility index (Phi) is 5.20. The number of benzene rings is 3. The Morgan fingerprint density at radius 2 is 1.12 bits per heavy atom. The van der Waals surface area contributed by atoms with Crippen LogP contribution in [0.15, 0.2) is 85.6 Å². The van der Waals surface area contributed by atoms with E-state index >= 15 is 0 Å². The molecule has 2 heteroatoms. The van der Waals surface area contributed by atoms with Gasteiger partial charge >= 0.3 is 0 Å². The summed E-state index contributed by atoms with van der Waals surface area (Å²) in [4.78, 5) is 2.26. The first-order valence-electron chi connectivity index (χ1n) is 8.42. The second-order valence-electron chi connectivity index (χ2n) is 6.15. The molecule has 3 aromatic rings. The molecule has 0 fully saturated rings. The molecule has 0 amide bonds. The van der Waals surface area contributed by atoms with Crippen molar-refractivity contribution in [2.45, 2.75) is 20.5 Å². The van der Waals surface area contributed by atoms with Gasteiger partial charge in [0.1, 0.15) is 6.61 Å². The summed E-state index contributed by atoms with van der Waals surface area (Å²) < 4.78 is 5.27. The summed E-state index contributed by atoms with van der Waals surface area (Å²) in [5.74, 6) is 0. The Bertz CT molecular complexity index is 772. The SMILES string of the molecule is C=COCc1ccc(N(c2ccc(C)cc2)c2ccc(C)cc2)cc1. The summed E-state index contributed by atoms with van der Waals surface area (Å²) in [6.07, 6.45) is 1.47. The highest BCUT2D eigenvalue weighted by Gasteiger charge is 2.12. The van der Waals surface area contributed by atoms with Gasteiger partial charge in [0.15, 0.2) is 0 Å². The van der Waals surface area contributed by atoms with Gasteiger partial charge in [-0.15, -0.1) is 0 Å². The number of nitrogens with zero attached hydrogens (tertiary/aromatic N) is 1. The summed E-state index contributed by atoms with van der Waals surface area (Å²) in [7, 11) is 0. The molecule has 0 aliphatic carbocycles. The molecule has 3 aromatic carbocycles. The highest BCUT2D eigenvalue weighted by Crippen LogP contribution is 2.34. The van der Waals surface area contributed by atoms with E-state index in [0.29, 0.717) is 6.61 Å². The van der Waals surface area contributed by atoms with Gasteiger partial charge in [0.2, 0.25) is 0 Å². The lowest BCUT2D eigenvalue weighted by molar-refractivity contribution is 0.238. The van der Waals surface area contributed by atoms with Crippen LogP contribution in [0.5, 0.6) is 0 Å². The Labute approximate surface area is 150 Å². The third-order valence-electron chi connectivity index (χ3n) is 4.15. The number of aryl methyl sites for hydroxylation is 2. The van der Waals surface area contributed by atoms with E-state index in [1.165, 1.54) is 17.4 Å². The first kappa shape index (κ1) is 16.8. The first-order chi connectivity index (χ1) is 12.2. The maximum Gasteiger partial charge on any atom is 0.112 e. The molecule has 0 N–H and O–H groups in total. The molecule has 0 aliphatic rings. The summed E-state index contributed by atoms with van der Waals surface area (Å²) in [5, 5.41) is 0. The molecule has 0 aromatic heterocycles. The molecule has 0 atom stereocenters. The van der Waals surface area contributed by atoms with Gasteiger partial charge in [0.05, 0.1) is 6.26 Å². The topological polar surface area (TPSA) is 12.5 Å². The van der Waals surface area contributed by atoms with Gasteiger partial charge in [-0.2, -0.15) is 0 Å². The van der Waals surface area contributed by atoms with Gasteiger partial charge in [0, 0.05) is 17.1 Å². The average Bonchev–Trinajstić information content (AvgIpc) is 2.64. The van der Waals surface area contributed by atoms with Crippen LogP contribution >= 0.6 is 0 Å². The Morgan fingerprint density at radius 1 is 0.720 bits per heavy atom. The fourth-order valence-electron chi connectivity index (χ4n) is 2.73. The molecular formula is C23H23NO. The van der Waals surface area contributed by atoms with Crippen molar-refractivity contribution in [2.75, 3.05) is 4.90 Å². The van der Waals surface area contributed by atoms with Crippen molar-refractivity contribution >= 4 is 17.1 Å². The summed E-state index contributed by atoms with van der Waals surface area (Å²) in [5.41, 5.74) is 7.04. The van der Waals surface area contributed by atoms with Crippen molar-refractivity contribution in [2.24, 2.45) is 0 Å². The van der Waals surface area contributed by atoms with Crippen LogP contribution in [-0.4, -0.2) is 0 Å². The first-order valence-corrected chi connectivity index (χ1v) is 8.42. The predicted octanol–water partition coefficient (Wildman–Crippen LogP) is 6.43. The van der Waals surface area contributed by atoms with Gasteiger partial charge < -0.3 is 9.64 Å². The standard InChI is InChI=1S/C23H23NO/c1-4-25-17-20-9-15-23(16-10-20)24(21-11-5-18(2)6-12-21)22-13-7-19(3)8-14-22/h4-16H,1,17H2,2-3H3. The van der Waals surface area contributed by atoms with Gasteiger partial charge in [-0.3, -0.25) is 0 Å². The van der Waals surface area contributed by atoms with Crippen LogP contribution in [-0.2, 0) is 11.3 Å². The maximum atomic E-state index is 5.27. The van der Waals surface area contributed by atoms with Crippen LogP contribution in [0.25, 0.3) is 0 Å². The van der Waals surface area contributed by atoms with E-state index < -0.39 is 0 Å². The molecule has 0 saturated heterocycles. The fourth-order valence-corrected chi connectivity index (χ4v) is 2.73. The monoisotopic (exact) mass is 329 g/mol. The molecule has 3 rings (SSSR count). The van der Waals surface area contributed by atoms with E-state index in [4.69, 9.17) is 4.74 Å². The normalized spacial score (nSPS) is 10.3. The Balaban J connectivity index is 1.99. The number of anilines is 3. The van der Waals surface area contributed by atoms with E-state index in [2.05, 4.69) is 98.1 Å². The zero-order valence-corrected chi connectivity index (χ0v) is 14.8. The fraction of sp³-hybridized carbons (Fsp3) is 0.130. The highest BCUT2D eigenvalue weighted by molar-refractivity contribution is 5.76. The van der Waals surface area contributed by atoms with Crippen molar-refractivity contribution in [1.82, 2.24) is 0 Å². The minimum Gasteiger partial charge on any atom is -0.497 e. The minimum absolute atomic E-state index is 0.541. The van der Waals surface area contributed by atoms with Crippen LogP contribution in [0.2, 0.25) is 0 Å². The second kappa shape index (κ2) is 7.71. The van der Waals surface area contributed by atoms with E-state index in [1.807, 2.05) is 0 Å². The third-order valence-corrected chi connectivity index (χ3v) is 4.15. The van der Waals surface area contributed by atoms with Crippen molar-refractivity contribution in [3.63, 3.8) is 0 Å². The zero-order chi connectivity index (χ0) is 17.6. The van der Waals surface area contributed by atoms with Crippen molar-refractivity contribution in [3.05, 3.63) is 102 Å². The van der Waals surface area contributed by atoms with Gasteiger partial charge in [-0.1, -0.05) is 54.1 Å². The number of hydrogen-bond donors (Lipinski definition) is 0. The predicted molar refractivity (Wildman–Crippen MR) is 106 cm³/mol. The average molecular weight is 329 g/mol. The van der Waals surface area contributed by atoms with Crippen molar-refractivity contribution < 1.29 is 4.74 Å². The van der Waals surface area contributed by atoms with Gasteiger partial charge in [0.25, 0.3) is 0 Å². The maximum absolute atomic E-state index is 5.27. The number of hydrogen-bond acceptors (Lipinski definition) is 2. The summed E-state index contributed by atoms with van der Waals surface area (Å²) >= 11 is 0. The van der Waals surface area contributed by atoms with Crippen molar-refractivity contribution in [1.29, 1.82) is 0 Å². The number of ether oxygens (including phenoxy) is 1. The smallest absolute Gasteiger partial charge is 0.112 e. The Morgan fingerprint density at radius 3 is 1.52 bits per heavy atom. The largest absolute Gasteiger partial charge is 0.497 e. The summed E-state index contributed by atoms with van der Waals surface area (Å²) in [6, 6.07) is 25.6. The molecule has 126 valence electrons. The lowest BCUT2D eigenvalue weighted by Gasteiger charge is -2.26. The van der Waals surface area contributed by atoms with Gasteiger partial charge in [-0.05, 0) is 55.8 Å². The lowest BCUT2D eigenvalue weighted by atomic mass is 10.1. The third kappa shape index (κ3) is 4.10. The molecule has 0 saturated carbocycles.